The van der Waals surface area contributed by atoms with Crippen molar-refractivity contribution in [2.45, 2.75) is 19.8 Å². The van der Waals surface area contributed by atoms with E-state index in [9.17, 15) is 0 Å². The maximum Gasteiger partial charge on any atom is 0.133 e. The Balaban J connectivity index is 3.15. The second-order valence-corrected chi connectivity index (χ2v) is 3.64. The zero-order chi connectivity index (χ0) is 12.7. The average Bonchev–Trinajstić information content (AvgIpc) is 2.38. The number of ether oxygens (including phenoxy) is 3. The fraction of sp³-hybridized carbons (Fsp3) is 0.429. The van der Waals surface area contributed by atoms with Crippen molar-refractivity contribution in [3.8, 4) is 17.2 Å². The van der Waals surface area contributed by atoms with Gasteiger partial charge in [0.05, 0.1) is 26.9 Å². The van der Waals surface area contributed by atoms with Crippen LogP contribution in [0.15, 0.2) is 18.2 Å². The summed E-state index contributed by atoms with van der Waals surface area (Å²) in [6.07, 6.45) is 6.31. The van der Waals surface area contributed by atoms with Gasteiger partial charge in [0.2, 0.25) is 0 Å². The lowest BCUT2D eigenvalue weighted by atomic mass is 10.1. The van der Waals surface area contributed by atoms with E-state index in [4.69, 9.17) is 14.2 Å². The van der Waals surface area contributed by atoms with Gasteiger partial charge in [0.1, 0.15) is 17.2 Å². The number of hydrogen-bond acceptors (Lipinski definition) is 3. The summed E-state index contributed by atoms with van der Waals surface area (Å²) in [4.78, 5) is 0. The molecular formula is C14H20O3. The maximum absolute atomic E-state index is 5.35. The largest absolute Gasteiger partial charge is 0.496 e. The van der Waals surface area contributed by atoms with Gasteiger partial charge in [-0.1, -0.05) is 25.5 Å². The van der Waals surface area contributed by atoms with Crippen molar-refractivity contribution in [2.24, 2.45) is 0 Å². The number of allylic oxidation sites excluding steroid dienone is 1. The Labute approximate surface area is 103 Å². The molecule has 1 rings (SSSR count). The molecule has 0 aliphatic heterocycles. The van der Waals surface area contributed by atoms with Gasteiger partial charge in [-0.25, -0.2) is 0 Å². The van der Waals surface area contributed by atoms with Crippen molar-refractivity contribution < 1.29 is 14.2 Å². The van der Waals surface area contributed by atoms with E-state index in [2.05, 4.69) is 13.0 Å². The molecule has 0 unspecified atom stereocenters. The highest BCUT2D eigenvalue weighted by molar-refractivity contribution is 5.66. The van der Waals surface area contributed by atoms with Gasteiger partial charge in [0.25, 0.3) is 0 Å². The molecule has 3 nitrogen and oxygen atoms in total. The van der Waals surface area contributed by atoms with Crippen LogP contribution in [0.3, 0.4) is 0 Å². The van der Waals surface area contributed by atoms with Crippen molar-refractivity contribution in [3.63, 3.8) is 0 Å². The molecule has 94 valence electrons. The Bertz CT molecular complexity index is 358. The predicted molar refractivity (Wildman–Crippen MR) is 70.0 cm³/mol. The summed E-state index contributed by atoms with van der Waals surface area (Å²) >= 11 is 0. The minimum atomic E-state index is 0.728. The second-order valence-electron chi connectivity index (χ2n) is 3.64. The van der Waals surface area contributed by atoms with Crippen LogP contribution in [-0.2, 0) is 0 Å². The Kier molecular flexibility index (Phi) is 5.40. The fourth-order valence-corrected chi connectivity index (χ4v) is 1.56. The van der Waals surface area contributed by atoms with Gasteiger partial charge in [0.15, 0.2) is 0 Å². The van der Waals surface area contributed by atoms with Crippen LogP contribution in [0.25, 0.3) is 6.08 Å². The van der Waals surface area contributed by atoms with E-state index < -0.39 is 0 Å². The lowest BCUT2D eigenvalue weighted by Gasteiger charge is -2.12. The number of hydrogen-bond donors (Lipinski definition) is 0. The average molecular weight is 236 g/mol. The third-order valence-corrected chi connectivity index (χ3v) is 2.49. The summed E-state index contributed by atoms with van der Waals surface area (Å²) in [5.41, 5.74) is 0.948. The van der Waals surface area contributed by atoms with E-state index in [0.717, 1.165) is 35.7 Å². The van der Waals surface area contributed by atoms with Crippen LogP contribution in [-0.4, -0.2) is 21.3 Å². The van der Waals surface area contributed by atoms with Gasteiger partial charge in [-0.15, -0.1) is 0 Å². The molecule has 0 N–H and O–H groups in total. The summed E-state index contributed by atoms with van der Waals surface area (Å²) in [7, 11) is 4.91. The first-order valence-corrected chi connectivity index (χ1v) is 5.73. The zero-order valence-electron chi connectivity index (χ0n) is 10.9. The summed E-state index contributed by atoms with van der Waals surface area (Å²) < 4.78 is 15.9. The van der Waals surface area contributed by atoms with Crippen molar-refractivity contribution in [1.82, 2.24) is 0 Å². The maximum atomic E-state index is 5.35. The number of methoxy groups -OCH3 is 3. The lowest BCUT2D eigenvalue weighted by molar-refractivity contribution is 0.374. The minimum absolute atomic E-state index is 0.728. The number of benzene rings is 1. The predicted octanol–water partition coefficient (Wildman–Crippen LogP) is 3.53. The van der Waals surface area contributed by atoms with Crippen molar-refractivity contribution in [3.05, 3.63) is 23.8 Å². The summed E-state index contributed by atoms with van der Waals surface area (Å²) in [6.45, 7) is 2.15. The zero-order valence-corrected chi connectivity index (χ0v) is 10.9. The second kappa shape index (κ2) is 6.84. The molecule has 0 atom stereocenters. The molecule has 0 heterocycles. The van der Waals surface area contributed by atoms with E-state index >= 15 is 0 Å². The summed E-state index contributed by atoms with van der Waals surface area (Å²) in [5, 5.41) is 0. The summed E-state index contributed by atoms with van der Waals surface area (Å²) in [6, 6.07) is 3.71. The highest BCUT2D eigenvalue weighted by atomic mass is 16.5. The highest BCUT2D eigenvalue weighted by Gasteiger charge is 2.10. The van der Waals surface area contributed by atoms with Crippen molar-refractivity contribution in [2.75, 3.05) is 21.3 Å². The third-order valence-electron chi connectivity index (χ3n) is 2.49. The quantitative estimate of drug-likeness (QED) is 0.756. The lowest BCUT2D eigenvalue weighted by Crippen LogP contribution is -1.94. The molecule has 3 heteroatoms. The number of unbranched alkanes of at least 4 members (excludes halogenated alkanes) is 1. The number of rotatable bonds is 6. The van der Waals surface area contributed by atoms with Crippen LogP contribution in [0.2, 0.25) is 0 Å². The van der Waals surface area contributed by atoms with E-state index in [-0.39, 0.29) is 0 Å². The Morgan fingerprint density at radius 3 is 2.00 bits per heavy atom. The standard InChI is InChI=1S/C14H20O3/c1-5-6-7-8-12-13(16-3)9-11(15-2)10-14(12)17-4/h7-10H,5-6H2,1-4H3/b8-7+. The van der Waals surface area contributed by atoms with Gasteiger partial charge >= 0.3 is 0 Å². The Morgan fingerprint density at radius 1 is 1.00 bits per heavy atom. The minimum Gasteiger partial charge on any atom is -0.496 e. The fourth-order valence-electron chi connectivity index (χ4n) is 1.56. The Morgan fingerprint density at radius 2 is 1.59 bits per heavy atom. The first-order chi connectivity index (χ1) is 8.26. The van der Waals surface area contributed by atoms with Crippen LogP contribution in [0.4, 0.5) is 0 Å². The van der Waals surface area contributed by atoms with Crippen LogP contribution in [0.1, 0.15) is 25.3 Å². The molecule has 0 saturated heterocycles. The van der Waals surface area contributed by atoms with Crippen LogP contribution in [0.5, 0.6) is 17.2 Å². The van der Waals surface area contributed by atoms with E-state index in [0.29, 0.717) is 0 Å². The van der Waals surface area contributed by atoms with Gasteiger partial charge in [0, 0.05) is 12.1 Å². The normalized spacial score (nSPS) is 10.6. The van der Waals surface area contributed by atoms with Crippen LogP contribution in [0, 0.1) is 0 Å². The topological polar surface area (TPSA) is 27.7 Å². The molecule has 1 aromatic rings. The van der Waals surface area contributed by atoms with Gasteiger partial charge < -0.3 is 14.2 Å². The molecule has 1 aromatic carbocycles. The van der Waals surface area contributed by atoms with E-state index in [1.165, 1.54) is 0 Å². The molecule has 0 fully saturated rings. The molecular weight excluding hydrogens is 216 g/mol. The van der Waals surface area contributed by atoms with E-state index in [1.54, 1.807) is 21.3 Å². The van der Waals surface area contributed by atoms with Gasteiger partial charge in [-0.05, 0) is 6.42 Å². The monoisotopic (exact) mass is 236 g/mol. The molecule has 0 spiro atoms. The highest BCUT2D eigenvalue weighted by Crippen LogP contribution is 2.35. The first kappa shape index (κ1) is 13.4. The van der Waals surface area contributed by atoms with Crippen LogP contribution < -0.4 is 14.2 Å². The SMILES string of the molecule is CCC/C=C/c1c(OC)cc(OC)cc1OC. The van der Waals surface area contributed by atoms with Crippen molar-refractivity contribution >= 4 is 6.08 Å². The van der Waals surface area contributed by atoms with Gasteiger partial charge in [-0.2, -0.15) is 0 Å². The summed E-state index contributed by atoms with van der Waals surface area (Å²) in [5.74, 6) is 2.24. The van der Waals surface area contributed by atoms with Crippen molar-refractivity contribution in [1.29, 1.82) is 0 Å². The molecule has 0 saturated carbocycles. The first-order valence-electron chi connectivity index (χ1n) is 5.73. The molecule has 0 amide bonds. The molecule has 0 bridgehead atoms. The van der Waals surface area contributed by atoms with Crippen LogP contribution >= 0.6 is 0 Å². The molecule has 0 radical (unpaired) electrons. The third kappa shape index (κ3) is 3.41. The smallest absolute Gasteiger partial charge is 0.133 e. The van der Waals surface area contributed by atoms with E-state index in [1.807, 2.05) is 18.2 Å². The molecule has 17 heavy (non-hydrogen) atoms. The molecule has 0 aliphatic carbocycles. The molecule has 0 aliphatic rings. The molecule has 0 aromatic heterocycles. The Hall–Kier alpha value is -1.64. The van der Waals surface area contributed by atoms with Gasteiger partial charge in [-0.3, -0.25) is 0 Å².